The molecule has 1 saturated carbocycles. The third kappa shape index (κ3) is 2.80. The van der Waals surface area contributed by atoms with Crippen LogP contribution in [0.25, 0.3) is 0 Å². The topological polar surface area (TPSA) is 50.4 Å². The lowest BCUT2D eigenvalue weighted by atomic mass is 10.5. The average Bonchev–Trinajstić information content (AvgIpc) is 2.67. The van der Waals surface area contributed by atoms with Crippen molar-refractivity contribution in [2.45, 2.75) is 18.9 Å². The summed E-state index contributed by atoms with van der Waals surface area (Å²) in [6, 6.07) is 0.436. The molecule has 0 aromatic rings. The van der Waals surface area contributed by atoms with E-state index in [-0.39, 0.29) is 12.5 Å². The van der Waals surface area contributed by atoms with Gasteiger partial charge < -0.3 is 10.2 Å². The van der Waals surface area contributed by atoms with Crippen LogP contribution in [0.3, 0.4) is 0 Å². The van der Waals surface area contributed by atoms with E-state index in [1.165, 1.54) is 7.11 Å². The van der Waals surface area contributed by atoms with Gasteiger partial charge in [0.25, 0.3) is 0 Å². The van der Waals surface area contributed by atoms with Crippen LogP contribution in [0.5, 0.6) is 0 Å². The zero-order valence-electron chi connectivity index (χ0n) is 6.02. The molecule has 0 aromatic heterocycles. The molecule has 0 aromatic carbocycles. The summed E-state index contributed by atoms with van der Waals surface area (Å²) >= 11 is 0. The monoisotopic (exact) mass is 144 g/mol. The number of hydroxylamine groups is 1. The van der Waals surface area contributed by atoms with E-state index < -0.39 is 0 Å². The first-order chi connectivity index (χ1) is 4.83. The second-order valence-electron chi connectivity index (χ2n) is 2.37. The number of carbonyl (C=O) groups excluding carboxylic acids is 1. The van der Waals surface area contributed by atoms with Crippen LogP contribution in [0.4, 0.5) is 0 Å². The van der Waals surface area contributed by atoms with E-state index in [2.05, 4.69) is 15.6 Å². The summed E-state index contributed by atoms with van der Waals surface area (Å²) in [7, 11) is 1.49. The molecule has 10 heavy (non-hydrogen) atoms. The van der Waals surface area contributed by atoms with E-state index in [0.717, 1.165) is 12.8 Å². The maximum absolute atomic E-state index is 10.8. The van der Waals surface area contributed by atoms with E-state index in [0.29, 0.717) is 6.04 Å². The number of hydrogen-bond donors (Lipinski definition) is 2. The summed E-state index contributed by atoms with van der Waals surface area (Å²) in [6.07, 6.45) is 2.25. The standard InChI is InChI=1S/C6H12N2O2/c1-10-7-4-6(9)8-5-2-3-5/h5,7H,2-4H2,1H3,(H,8,9). The molecule has 0 aliphatic heterocycles. The highest BCUT2D eigenvalue weighted by molar-refractivity contribution is 5.78. The largest absolute Gasteiger partial charge is 0.352 e. The van der Waals surface area contributed by atoms with E-state index >= 15 is 0 Å². The molecule has 1 rings (SSSR count). The summed E-state index contributed by atoms with van der Waals surface area (Å²) in [5, 5.41) is 2.81. The molecule has 1 aliphatic carbocycles. The van der Waals surface area contributed by atoms with Crippen molar-refractivity contribution < 1.29 is 9.63 Å². The molecule has 0 spiro atoms. The van der Waals surface area contributed by atoms with Crippen molar-refractivity contribution in [1.82, 2.24) is 10.8 Å². The molecule has 0 atom stereocenters. The van der Waals surface area contributed by atoms with Gasteiger partial charge in [0.05, 0.1) is 13.7 Å². The predicted molar refractivity (Wildman–Crippen MR) is 36.2 cm³/mol. The molecular weight excluding hydrogens is 132 g/mol. The van der Waals surface area contributed by atoms with Gasteiger partial charge in [-0.3, -0.25) is 4.79 Å². The lowest BCUT2D eigenvalue weighted by molar-refractivity contribution is -0.122. The van der Waals surface area contributed by atoms with Crippen LogP contribution in [-0.2, 0) is 9.63 Å². The highest BCUT2D eigenvalue weighted by Gasteiger charge is 2.22. The van der Waals surface area contributed by atoms with Crippen molar-refractivity contribution in [3.05, 3.63) is 0 Å². The molecule has 2 N–H and O–H groups in total. The van der Waals surface area contributed by atoms with Crippen LogP contribution in [0.15, 0.2) is 0 Å². The summed E-state index contributed by atoms with van der Waals surface area (Å²) in [6.45, 7) is 0.243. The van der Waals surface area contributed by atoms with Gasteiger partial charge in [0.1, 0.15) is 0 Å². The van der Waals surface area contributed by atoms with Crippen LogP contribution in [0.1, 0.15) is 12.8 Å². The Kier molecular flexibility index (Phi) is 2.65. The van der Waals surface area contributed by atoms with Crippen molar-refractivity contribution in [1.29, 1.82) is 0 Å². The Balaban J connectivity index is 1.97. The number of nitrogens with one attached hydrogen (secondary N) is 2. The smallest absolute Gasteiger partial charge is 0.236 e. The van der Waals surface area contributed by atoms with Crippen molar-refractivity contribution >= 4 is 5.91 Å². The second kappa shape index (κ2) is 3.53. The summed E-state index contributed by atoms with van der Waals surface area (Å²) in [5.74, 6) is 0.00403. The van der Waals surface area contributed by atoms with Gasteiger partial charge >= 0.3 is 0 Å². The lowest BCUT2D eigenvalue weighted by Gasteiger charge is -2.01. The Morgan fingerprint density at radius 1 is 1.70 bits per heavy atom. The minimum atomic E-state index is 0.00403. The number of hydrogen-bond acceptors (Lipinski definition) is 3. The fraction of sp³-hybridized carbons (Fsp3) is 0.833. The molecule has 58 valence electrons. The highest BCUT2D eigenvalue weighted by Crippen LogP contribution is 2.17. The Hall–Kier alpha value is -0.610. The quantitative estimate of drug-likeness (QED) is 0.519. The van der Waals surface area contributed by atoms with Crippen LogP contribution in [0.2, 0.25) is 0 Å². The van der Waals surface area contributed by atoms with Crippen LogP contribution < -0.4 is 10.8 Å². The van der Waals surface area contributed by atoms with Gasteiger partial charge in [-0.15, -0.1) is 0 Å². The molecule has 1 amide bonds. The van der Waals surface area contributed by atoms with Crippen molar-refractivity contribution in [3.8, 4) is 0 Å². The van der Waals surface area contributed by atoms with Gasteiger partial charge in [-0.2, -0.15) is 5.48 Å². The summed E-state index contributed by atoms with van der Waals surface area (Å²) < 4.78 is 0. The summed E-state index contributed by atoms with van der Waals surface area (Å²) in [4.78, 5) is 15.3. The zero-order chi connectivity index (χ0) is 7.40. The summed E-state index contributed by atoms with van der Waals surface area (Å²) in [5.41, 5.74) is 2.47. The van der Waals surface area contributed by atoms with Crippen molar-refractivity contribution in [2.24, 2.45) is 0 Å². The average molecular weight is 144 g/mol. The highest BCUT2D eigenvalue weighted by atomic mass is 16.6. The van der Waals surface area contributed by atoms with Crippen molar-refractivity contribution in [2.75, 3.05) is 13.7 Å². The fourth-order valence-corrected chi connectivity index (χ4v) is 0.644. The Morgan fingerprint density at radius 2 is 2.40 bits per heavy atom. The maximum Gasteiger partial charge on any atom is 0.236 e. The number of amides is 1. The molecule has 4 nitrogen and oxygen atoms in total. The zero-order valence-corrected chi connectivity index (χ0v) is 6.02. The molecule has 1 fully saturated rings. The minimum absolute atomic E-state index is 0.00403. The Labute approximate surface area is 59.9 Å². The number of rotatable bonds is 4. The van der Waals surface area contributed by atoms with Gasteiger partial charge in [-0.05, 0) is 12.8 Å². The molecule has 0 saturated heterocycles. The number of carbonyl (C=O) groups is 1. The van der Waals surface area contributed by atoms with E-state index in [9.17, 15) is 4.79 Å². The van der Waals surface area contributed by atoms with Crippen LogP contribution in [0, 0.1) is 0 Å². The Bertz CT molecular complexity index is 123. The third-order valence-corrected chi connectivity index (χ3v) is 1.32. The molecule has 0 bridgehead atoms. The minimum Gasteiger partial charge on any atom is -0.352 e. The SMILES string of the molecule is CONCC(=O)NC1CC1. The van der Waals surface area contributed by atoms with Crippen molar-refractivity contribution in [3.63, 3.8) is 0 Å². The lowest BCUT2D eigenvalue weighted by Crippen LogP contribution is -2.34. The molecule has 0 unspecified atom stereocenters. The van der Waals surface area contributed by atoms with E-state index in [1.807, 2.05) is 0 Å². The van der Waals surface area contributed by atoms with Gasteiger partial charge in [-0.1, -0.05) is 0 Å². The maximum atomic E-state index is 10.8. The molecule has 0 heterocycles. The van der Waals surface area contributed by atoms with E-state index in [1.54, 1.807) is 0 Å². The molecule has 1 aliphatic rings. The molecule has 4 heteroatoms. The van der Waals surface area contributed by atoms with Gasteiger partial charge in [0.15, 0.2) is 0 Å². The fourth-order valence-electron chi connectivity index (χ4n) is 0.644. The second-order valence-corrected chi connectivity index (χ2v) is 2.37. The third-order valence-electron chi connectivity index (χ3n) is 1.32. The van der Waals surface area contributed by atoms with Crippen LogP contribution in [-0.4, -0.2) is 25.6 Å². The van der Waals surface area contributed by atoms with Gasteiger partial charge in [0, 0.05) is 6.04 Å². The normalized spacial score (nSPS) is 16.9. The molecular formula is C6H12N2O2. The van der Waals surface area contributed by atoms with E-state index in [4.69, 9.17) is 0 Å². The first-order valence-corrected chi connectivity index (χ1v) is 3.38. The van der Waals surface area contributed by atoms with Crippen LogP contribution >= 0.6 is 0 Å². The first kappa shape index (κ1) is 7.50. The first-order valence-electron chi connectivity index (χ1n) is 3.38. The Morgan fingerprint density at radius 3 is 2.90 bits per heavy atom. The molecule has 0 radical (unpaired) electrons. The predicted octanol–water partition coefficient (Wildman–Crippen LogP) is -0.584. The van der Waals surface area contributed by atoms with Gasteiger partial charge in [0.2, 0.25) is 5.91 Å². The van der Waals surface area contributed by atoms with Gasteiger partial charge in [-0.25, -0.2) is 0 Å².